The van der Waals surface area contributed by atoms with E-state index in [1.54, 1.807) is 6.08 Å². The van der Waals surface area contributed by atoms with E-state index in [2.05, 4.69) is 23.5 Å². The van der Waals surface area contributed by atoms with E-state index >= 15 is 0 Å². The maximum atomic E-state index is 12.3. The Morgan fingerprint density at radius 1 is 1.04 bits per heavy atom. The van der Waals surface area contributed by atoms with Gasteiger partial charge >= 0.3 is 0 Å². The SMILES string of the molecule is CC(NC(=O)C=Cc1cccc2ccccc12)c1ccc2c(c1)OCO2. The van der Waals surface area contributed by atoms with E-state index in [0.29, 0.717) is 0 Å². The van der Waals surface area contributed by atoms with Crippen LogP contribution in [0.2, 0.25) is 0 Å². The van der Waals surface area contributed by atoms with Gasteiger partial charge in [-0.05, 0) is 47.0 Å². The first-order chi connectivity index (χ1) is 12.7. The second-order valence-corrected chi connectivity index (χ2v) is 6.24. The molecular weight excluding hydrogens is 326 g/mol. The topological polar surface area (TPSA) is 47.6 Å². The molecule has 4 nitrogen and oxygen atoms in total. The minimum Gasteiger partial charge on any atom is -0.454 e. The monoisotopic (exact) mass is 345 g/mol. The van der Waals surface area contributed by atoms with Crippen LogP contribution < -0.4 is 14.8 Å². The Kier molecular flexibility index (Phi) is 4.32. The summed E-state index contributed by atoms with van der Waals surface area (Å²) in [4.78, 5) is 12.3. The lowest BCUT2D eigenvalue weighted by Gasteiger charge is -2.13. The zero-order valence-electron chi connectivity index (χ0n) is 14.4. The molecule has 0 spiro atoms. The highest BCUT2D eigenvalue weighted by Crippen LogP contribution is 2.34. The van der Waals surface area contributed by atoms with Crippen molar-refractivity contribution < 1.29 is 14.3 Å². The molecule has 0 aromatic heterocycles. The number of benzene rings is 3. The fraction of sp³-hybridized carbons (Fsp3) is 0.136. The van der Waals surface area contributed by atoms with Gasteiger partial charge in [0, 0.05) is 6.08 Å². The molecule has 3 aromatic carbocycles. The van der Waals surface area contributed by atoms with Crippen LogP contribution in [0.4, 0.5) is 0 Å². The second-order valence-electron chi connectivity index (χ2n) is 6.24. The number of amides is 1. The third-order valence-corrected chi connectivity index (χ3v) is 4.49. The number of hydrogen-bond donors (Lipinski definition) is 1. The van der Waals surface area contributed by atoms with E-state index in [1.165, 1.54) is 0 Å². The summed E-state index contributed by atoms with van der Waals surface area (Å²) in [6.45, 7) is 2.19. The Balaban J connectivity index is 1.47. The fourth-order valence-corrected chi connectivity index (χ4v) is 3.09. The minimum atomic E-state index is -0.136. The highest BCUT2D eigenvalue weighted by molar-refractivity contribution is 5.96. The summed E-state index contributed by atoms with van der Waals surface area (Å²) >= 11 is 0. The third kappa shape index (κ3) is 3.26. The predicted molar refractivity (Wildman–Crippen MR) is 102 cm³/mol. The van der Waals surface area contributed by atoms with Gasteiger partial charge in [0.1, 0.15) is 0 Å². The summed E-state index contributed by atoms with van der Waals surface area (Å²) in [6, 6.07) is 19.8. The van der Waals surface area contributed by atoms with Crippen molar-refractivity contribution in [1.82, 2.24) is 5.32 Å². The van der Waals surface area contributed by atoms with Gasteiger partial charge in [-0.3, -0.25) is 4.79 Å². The fourth-order valence-electron chi connectivity index (χ4n) is 3.09. The number of nitrogens with one attached hydrogen (secondary N) is 1. The van der Waals surface area contributed by atoms with Crippen molar-refractivity contribution in [2.24, 2.45) is 0 Å². The number of carbonyl (C=O) groups excluding carboxylic acids is 1. The lowest BCUT2D eigenvalue weighted by Crippen LogP contribution is -2.24. The molecule has 4 rings (SSSR count). The Morgan fingerprint density at radius 3 is 2.77 bits per heavy atom. The van der Waals surface area contributed by atoms with Crippen molar-refractivity contribution >= 4 is 22.8 Å². The molecule has 0 saturated carbocycles. The molecule has 1 atom stereocenters. The zero-order valence-corrected chi connectivity index (χ0v) is 14.4. The van der Waals surface area contributed by atoms with Crippen LogP contribution in [0.25, 0.3) is 16.8 Å². The van der Waals surface area contributed by atoms with E-state index in [1.807, 2.05) is 55.5 Å². The molecule has 0 saturated heterocycles. The average Bonchev–Trinajstić information content (AvgIpc) is 3.14. The highest BCUT2D eigenvalue weighted by Gasteiger charge is 2.16. The molecule has 0 aliphatic carbocycles. The standard InChI is InChI=1S/C22H19NO3/c1-15(18-9-11-20-21(13-18)26-14-25-20)23-22(24)12-10-17-7-4-6-16-5-2-3-8-19(16)17/h2-13,15H,14H2,1H3,(H,23,24). The van der Waals surface area contributed by atoms with Gasteiger partial charge in [0.05, 0.1) is 6.04 Å². The Labute approximate surface area is 152 Å². The number of carbonyl (C=O) groups is 1. The molecule has 1 aliphatic rings. The van der Waals surface area contributed by atoms with Gasteiger partial charge in [0.2, 0.25) is 12.7 Å². The van der Waals surface area contributed by atoms with E-state index in [0.717, 1.165) is 33.4 Å². The molecule has 26 heavy (non-hydrogen) atoms. The van der Waals surface area contributed by atoms with E-state index < -0.39 is 0 Å². The van der Waals surface area contributed by atoms with Gasteiger partial charge in [-0.2, -0.15) is 0 Å². The van der Waals surface area contributed by atoms with E-state index in [9.17, 15) is 4.79 Å². The highest BCUT2D eigenvalue weighted by atomic mass is 16.7. The molecule has 1 N–H and O–H groups in total. The molecular formula is C22H19NO3. The molecule has 1 heterocycles. The van der Waals surface area contributed by atoms with Gasteiger partial charge in [-0.1, -0.05) is 48.5 Å². The maximum Gasteiger partial charge on any atom is 0.244 e. The van der Waals surface area contributed by atoms with Crippen molar-refractivity contribution in [2.75, 3.05) is 6.79 Å². The number of ether oxygens (including phenoxy) is 2. The average molecular weight is 345 g/mol. The van der Waals surface area contributed by atoms with Crippen molar-refractivity contribution in [2.45, 2.75) is 13.0 Å². The maximum absolute atomic E-state index is 12.3. The summed E-state index contributed by atoms with van der Waals surface area (Å²) in [5.41, 5.74) is 2.00. The molecule has 3 aromatic rings. The van der Waals surface area contributed by atoms with Gasteiger partial charge < -0.3 is 14.8 Å². The lowest BCUT2D eigenvalue weighted by atomic mass is 10.0. The van der Waals surface area contributed by atoms with Gasteiger partial charge in [-0.25, -0.2) is 0 Å². The molecule has 1 unspecified atom stereocenters. The normalized spacial score (nSPS) is 13.9. The first kappa shape index (κ1) is 16.2. The molecule has 130 valence electrons. The van der Waals surface area contributed by atoms with Gasteiger partial charge in [0.25, 0.3) is 0 Å². The molecule has 0 radical (unpaired) electrons. The molecule has 4 heteroatoms. The first-order valence-electron chi connectivity index (χ1n) is 8.56. The second kappa shape index (κ2) is 6.92. The first-order valence-corrected chi connectivity index (χ1v) is 8.56. The zero-order chi connectivity index (χ0) is 17.9. The summed E-state index contributed by atoms with van der Waals surface area (Å²) in [7, 11) is 0. The lowest BCUT2D eigenvalue weighted by molar-refractivity contribution is -0.117. The van der Waals surface area contributed by atoms with Gasteiger partial charge in [-0.15, -0.1) is 0 Å². The Hall–Kier alpha value is -3.27. The molecule has 1 amide bonds. The van der Waals surface area contributed by atoms with Crippen LogP contribution in [0.5, 0.6) is 11.5 Å². The van der Waals surface area contributed by atoms with Gasteiger partial charge in [0.15, 0.2) is 11.5 Å². The molecule has 0 bridgehead atoms. The van der Waals surface area contributed by atoms with Crippen LogP contribution in [0.15, 0.2) is 66.7 Å². The van der Waals surface area contributed by atoms with Crippen LogP contribution in [-0.4, -0.2) is 12.7 Å². The third-order valence-electron chi connectivity index (χ3n) is 4.49. The largest absolute Gasteiger partial charge is 0.454 e. The number of rotatable bonds is 4. The smallest absolute Gasteiger partial charge is 0.244 e. The predicted octanol–water partition coefficient (Wildman–Crippen LogP) is 4.46. The minimum absolute atomic E-state index is 0.130. The van der Waals surface area contributed by atoms with Crippen LogP contribution in [0, 0.1) is 0 Å². The summed E-state index contributed by atoms with van der Waals surface area (Å²) in [5.74, 6) is 1.32. The summed E-state index contributed by atoms with van der Waals surface area (Å²) in [5, 5.41) is 5.27. The van der Waals surface area contributed by atoms with E-state index in [4.69, 9.17) is 9.47 Å². The van der Waals surface area contributed by atoms with E-state index in [-0.39, 0.29) is 18.7 Å². The van der Waals surface area contributed by atoms with Crippen molar-refractivity contribution in [3.8, 4) is 11.5 Å². The van der Waals surface area contributed by atoms with Crippen molar-refractivity contribution in [1.29, 1.82) is 0 Å². The van der Waals surface area contributed by atoms with Crippen LogP contribution in [0.3, 0.4) is 0 Å². The van der Waals surface area contributed by atoms with Crippen LogP contribution in [0.1, 0.15) is 24.1 Å². The van der Waals surface area contributed by atoms with Crippen LogP contribution >= 0.6 is 0 Å². The summed E-state index contributed by atoms with van der Waals surface area (Å²) in [6.07, 6.45) is 3.43. The molecule has 0 fully saturated rings. The Morgan fingerprint density at radius 2 is 1.85 bits per heavy atom. The van der Waals surface area contributed by atoms with Crippen LogP contribution in [-0.2, 0) is 4.79 Å². The number of hydrogen-bond acceptors (Lipinski definition) is 3. The molecule has 1 aliphatic heterocycles. The quantitative estimate of drug-likeness (QED) is 0.710. The summed E-state index contributed by atoms with van der Waals surface area (Å²) < 4.78 is 10.7. The number of fused-ring (bicyclic) bond motifs is 2. The van der Waals surface area contributed by atoms with Crippen molar-refractivity contribution in [3.05, 3.63) is 77.9 Å². The Bertz CT molecular complexity index is 988. The van der Waals surface area contributed by atoms with Crippen molar-refractivity contribution in [3.63, 3.8) is 0 Å².